The van der Waals surface area contributed by atoms with Crippen molar-refractivity contribution in [3.63, 3.8) is 0 Å². The normalized spacial score (nSPS) is 16.1. The van der Waals surface area contributed by atoms with E-state index in [2.05, 4.69) is 22.2 Å². The highest BCUT2D eigenvalue weighted by atomic mass is 16.1. The smallest absolute Gasteiger partial charge is 0.270 e. The number of hydrogen-bond acceptors (Lipinski definition) is 4. The van der Waals surface area contributed by atoms with Crippen molar-refractivity contribution >= 4 is 5.91 Å². The van der Waals surface area contributed by atoms with Crippen molar-refractivity contribution in [3.8, 4) is 11.1 Å². The van der Waals surface area contributed by atoms with Crippen molar-refractivity contribution in [3.05, 3.63) is 53.9 Å². The van der Waals surface area contributed by atoms with E-state index in [0.717, 1.165) is 42.6 Å². The van der Waals surface area contributed by atoms with Gasteiger partial charge in [0.1, 0.15) is 5.69 Å². The summed E-state index contributed by atoms with van der Waals surface area (Å²) in [7, 11) is 2.11. The second-order valence-electron chi connectivity index (χ2n) is 6.36. The minimum Gasteiger partial charge on any atom is -0.348 e. The standard InChI is InChI=1S/C19H24N4O/c1-23-10-7-16(8-11-23)22-19(24)18-17(6-3-9-21-18)15-5-2-4-14(12-15)13-20/h2-6,9,12,16H,7-8,10-11,13,20H2,1H3,(H,22,24). The first-order chi connectivity index (χ1) is 11.7. The van der Waals surface area contributed by atoms with Crippen LogP contribution in [0.15, 0.2) is 42.6 Å². The summed E-state index contributed by atoms with van der Waals surface area (Å²) in [6.07, 6.45) is 3.62. The molecule has 0 atom stereocenters. The molecule has 1 aromatic carbocycles. The molecule has 0 spiro atoms. The van der Waals surface area contributed by atoms with Crippen LogP contribution in [-0.2, 0) is 6.54 Å². The zero-order valence-electron chi connectivity index (χ0n) is 14.0. The van der Waals surface area contributed by atoms with E-state index in [1.807, 2.05) is 36.4 Å². The lowest BCUT2D eigenvalue weighted by Crippen LogP contribution is -2.43. The molecule has 5 heteroatoms. The SMILES string of the molecule is CN1CCC(NC(=O)c2ncccc2-c2cccc(CN)c2)CC1. The Balaban J connectivity index is 1.82. The fourth-order valence-corrected chi connectivity index (χ4v) is 3.09. The van der Waals surface area contributed by atoms with Gasteiger partial charge in [-0.05, 0) is 56.2 Å². The number of aromatic nitrogens is 1. The lowest BCUT2D eigenvalue weighted by atomic mass is 10.0. The quantitative estimate of drug-likeness (QED) is 0.903. The average molecular weight is 324 g/mol. The van der Waals surface area contributed by atoms with Crippen molar-refractivity contribution in [2.45, 2.75) is 25.4 Å². The van der Waals surface area contributed by atoms with Gasteiger partial charge in [0.2, 0.25) is 0 Å². The monoisotopic (exact) mass is 324 g/mol. The first kappa shape index (κ1) is 16.6. The van der Waals surface area contributed by atoms with Gasteiger partial charge in [-0.15, -0.1) is 0 Å². The summed E-state index contributed by atoms with van der Waals surface area (Å²) >= 11 is 0. The molecule has 1 aliphatic heterocycles. The summed E-state index contributed by atoms with van der Waals surface area (Å²) in [4.78, 5) is 19.4. The van der Waals surface area contributed by atoms with Gasteiger partial charge in [-0.25, -0.2) is 0 Å². The zero-order valence-corrected chi connectivity index (χ0v) is 14.0. The second kappa shape index (κ2) is 7.55. The van der Waals surface area contributed by atoms with Crippen molar-refractivity contribution in [1.82, 2.24) is 15.2 Å². The van der Waals surface area contributed by atoms with Gasteiger partial charge in [0.25, 0.3) is 5.91 Å². The van der Waals surface area contributed by atoms with E-state index in [4.69, 9.17) is 5.73 Å². The third kappa shape index (κ3) is 3.80. The van der Waals surface area contributed by atoms with Crippen LogP contribution in [-0.4, -0.2) is 42.0 Å². The van der Waals surface area contributed by atoms with Crippen LogP contribution in [0.25, 0.3) is 11.1 Å². The Labute approximate surface area is 142 Å². The Morgan fingerprint density at radius 1 is 1.29 bits per heavy atom. The van der Waals surface area contributed by atoms with Crippen molar-refractivity contribution in [2.24, 2.45) is 5.73 Å². The summed E-state index contributed by atoms with van der Waals surface area (Å²) in [5.74, 6) is -0.0988. The molecule has 1 saturated heterocycles. The molecule has 0 bridgehead atoms. The molecule has 0 saturated carbocycles. The van der Waals surface area contributed by atoms with E-state index >= 15 is 0 Å². The van der Waals surface area contributed by atoms with Crippen LogP contribution in [0, 0.1) is 0 Å². The number of piperidine rings is 1. The molecule has 3 rings (SSSR count). The molecule has 126 valence electrons. The average Bonchev–Trinajstić information content (AvgIpc) is 2.63. The molecule has 3 N–H and O–H groups in total. The number of pyridine rings is 1. The van der Waals surface area contributed by atoms with E-state index in [0.29, 0.717) is 12.2 Å². The number of nitrogens with one attached hydrogen (secondary N) is 1. The van der Waals surface area contributed by atoms with Gasteiger partial charge in [-0.1, -0.05) is 24.3 Å². The van der Waals surface area contributed by atoms with Crippen molar-refractivity contribution < 1.29 is 4.79 Å². The molecular formula is C19H24N4O. The Hall–Kier alpha value is -2.24. The van der Waals surface area contributed by atoms with E-state index in [9.17, 15) is 4.79 Å². The van der Waals surface area contributed by atoms with Crippen molar-refractivity contribution in [1.29, 1.82) is 0 Å². The fraction of sp³-hybridized carbons (Fsp3) is 0.368. The molecule has 5 nitrogen and oxygen atoms in total. The summed E-state index contributed by atoms with van der Waals surface area (Å²) in [5.41, 5.74) is 9.07. The number of carbonyl (C=O) groups is 1. The second-order valence-corrected chi connectivity index (χ2v) is 6.36. The number of benzene rings is 1. The summed E-state index contributed by atoms with van der Waals surface area (Å²) in [6, 6.07) is 12.0. The maximum atomic E-state index is 12.7. The predicted octanol–water partition coefficient (Wildman–Crippen LogP) is 2.03. The Bertz CT molecular complexity index is 708. The van der Waals surface area contributed by atoms with Crippen LogP contribution in [0.2, 0.25) is 0 Å². The van der Waals surface area contributed by atoms with Crippen LogP contribution in [0.1, 0.15) is 28.9 Å². The largest absolute Gasteiger partial charge is 0.348 e. The van der Waals surface area contributed by atoms with Crippen LogP contribution < -0.4 is 11.1 Å². The van der Waals surface area contributed by atoms with E-state index in [1.165, 1.54) is 0 Å². The minimum atomic E-state index is -0.0988. The fourth-order valence-electron chi connectivity index (χ4n) is 3.09. The van der Waals surface area contributed by atoms with E-state index in [-0.39, 0.29) is 11.9 Å². The highest BCUT2D eigenvalue weighted by molar-refractivity contribution is 5.99. The number of likely N-dealkylation sites (tertiary alicyclic amines) is 1. The number of nitrogens with zero attached hydrogens (tertiary/aromatic N) is 2. The molecule has 0 unspecified atom stereocenters. The zero-order chi connectivity index (χ0) is 16.9. The maximum Gasteiger partial charge on any atom is 0.270 e. The van der Waals surface area contributed by atoms with E-state index < -0.39 is 0 Å². The maximum absolute atomic E-state index is 12.7. The highest BCUT2D eigenvalue weighted by Crippen LogP contribution is 2.23. The van der Waals surface area contributed by atoms with Crippen LogP contribution in [0.5, 0.6) is 0 Å². The van der Waals surface area contributed by atoms with E-state index in [1.54, 1.807) is 6.20 Å². The Morgan fingerprint density at radius 3 is 2.83 bits per heavy atom. The van der Waals surface area contributed by atoms with Crippen LogP contribution in [0.4, 0.5) is 0 Å². The topological polar surface area (TPSA) is 71.2 Å². The molecule has 2 aromatic rings. The third-order valence-corrected chi connectivity index (χ3v) is 4.55. The molecule has 24 heavy (non-hydrogen) atoms. The number of nitrogens with two attached hydrogens (primary N) is 1. The molecule has 2 heterocycles. The molecular weight excluding hydrogens is 300 g/mol. The highest BCUT2D eigenvalue weighted by Gasteiger charge is 2.21. The first-order valence-electron chi connectivity index (χ1n) is 8.41. The molecule has 1 amide bonds. The van der Waals surface area contributed by atoms with Gasteiger partial charge >= 0.3 is 0 Å². The summed E-state index contributed by atoms with van der Waals surface area (Å²) in [5, 5.41) is 3.14. The molecule has 1 fully saturated rings. The van der Waals surface area contributed by atoms with Gasteiger partial charge in [0, 0.05) is 24.3 Å². The minimum absolute atomic E-state index is 0.0988. The lowest BCUT2D eigenvalue weighted by Gasteiger charge is -2.29. The van der Waals surface area contributed by atoms with Crippen molar-refractivity contribution in [2.75, 3.05) is 20.1 Å². The van der Waals surface area contributed by atoms with Gasteiger partial charge in [0.05, 0.1) is 0 Å². The lowest BCUT2D eigenvalue weighted by molar-refractivity contribution is 0.0912. The van der Waals surface area contributed by atoms with Crippen LogP contribution in [0.3, 0.4) is 0 Å². The molecule has 0 aliphatic carbocycles. The van der Waals surface area contributed by atoms with Gasteiger partial charge in [-0.2, -0.15) is 0 Å². The Morgan fingerprint density at radius 2 is 2.08 bits per heavy atom. The van der Waals surface area contributed by atoms with Gasteiger partial charge in [0.15, 0.2) is 0 Å². The number of rotatable bonds is 4. The molecule has 1 aromatic heterocycles. The first-order valence-corrected chi connectivity index (χ1v) is 8.41. The predicted molar refractivity (Wildman–Crippen MR) is 95.5 cm³/mol. The Kier molecular flexibility index (Phi) is 5.23. The molecule has 1 aliphatic rings. The molecule has 0 radical (unpaired) electrons. The number of hydrogen-bond donors (Lipinski definition) is 2. The number of carbonyl (C=O) groups excluding carboxylic acids is 1. The van der Waals surface area contributed by atoms with Gasteiger partial charge < -0.3 is 16.0 Å². The summed E-state index contributed by atoms with van der Waals surface area (Å²) in [6.45, 7) is 2.50. The van der Waals surface area contributed by atoms with Gasteiger partial charge in [-0.3, -0.25) is 9.78 Å². The summed E-state index contributed by atoms with van der Waals surface area (Å²) < 4.78 is 0. The number of amides is 1. The third-order valence-electron chi connectivity index (χ3n) is 4.55. The van der Waals surface area contributed by atoms with Crippen LogP contribution >= 0.6 is 0 Å².